The summed E-state index contributed by atoms with van der Waals surface area (Å²) < 4.78 is 47.8. The largest absolute Gasteiger partial charge is 0.490 e. The van der Waals surface area contributed by atoms with Crippen LogP contribution in [-0.2, 0) is 25.6 Å². The summed E-state index contributed by atoms with van der Waals surface area (Å²) in [5, 5.41) is 3.61. The molecule has 0 unspecified atom stereocenters. The molecule has 3 heterocycles. The SMILES string of the molecule is FC(F)(F)c1ccc2c3c1c1c(n3CCO2)CCNCC1. The van der Waals surface area contributed by atoms with Gasteiger partial charge in [-0.05, 0) is 30.7 Å². The number of hydrogen-bond acceptors (Lipinski definition) is 2. The number of nitrogens with zero attached hydrogens (tertiary/aromatic N) is 1. The van der Waals surface area contributed by atoms with E-state index in [-0.39, 0.29) is 0 Å². The van der Waals surface area contributed by atoms with E-state index in [0.29, 0.717) is 42.8 Å². The third kappa shape index (κ3) is 1.85. The van der Waals surface area contributed by atoms with E-state index in [4.69, 9.17) is 4.74 Å². The summed E-state index contributed by atoms with van der Waals surface area (Å²) in [4.78, 5) is 0. The van der Waals surface area contributed by atoms with Crippen molar-refractivity contribution >= 4 is 10.9 Å². The highest BCUT2D eigenvalue weighted by Gasteiger charge is 2.37. The lowest BCUT2D eigenvalue weighted by molar-refractivity contribution is -0.136. The number of benzene rings is 1. The molecule has 3 nitrogen and oxygen atoms in total. The van der Waals surface area contributed by atoms with E-state index in [1.165, 1.54) is 6.07 Å². The molecular formula is C15H15F3N2O. The first-order chi connectivity index (χ1) is 10.1. The minimum atomic E-state index is -4.34. The molecule has 0 atom stereocenters. The normalized spacial score (nSPS) is 18.2. The smallest absolute Gasteiger partial charge is 0.417 e. The van der Waals surface area contributed by atoms with Gasteiger partial charge in [0.1, 0.15) is 12.4 Å². The molecule has 0 aliphatic carbocycles. The summed E-state index contributed by atoms with van der Waals surface area (Å²) in [5.74, 6) is 0.574. The highest BCUT2D eigenvalue weighted by Crippen LogP contribution is 2.43. The number of hydrogen-bond donors (Lipinski definition) is 1. The van der Waals surface area contributed by atoms with Crippen molar-refractivity contribution in [2.45, 2.75) is 25.6 Å². The summed E-state index contributed by atoms with van der Waals surface area (Å²) in [6.07, 6.45) is -2.94. The Bertz CT molecular complexity index is 718. The number of rotatable bonds is 0. The minimum absolute atomic E-state index is 0.346. The van der Waals surface area contributed by atoms with E-state index >= 15 is 0 Å². The van der Waals surface area contributed by atoms with E-state index in [1.807, 2.05) is 4.57 Å². The number of ether oxygens (including phenoxy) is 1. The molecule has 2 aliphatic heterocycles. The molecule has 1 aromatic heterocycles. The number of nitrogens with one attached hydrogen (secondary N) is 1. The summed E-state index contributed by atoms with van der Waals surface area (Å²) in [5.41, 5.74) is 1.97. The van der Waals surface area contributed by atoms with E-state index in [9.17, 15) is 13.2 Å². The van der Waals surface area contributed by atoms with Gasteiger partial charge in [0, 0.05) is 24.0 Å². The summed E-state index contributed by atoms with van der Waals surface area (Å²) >= 11 is 0. The van der Waals surface area contributed by atoms with Crippen LogP contribution in [0.25, 0.3) is 10.9 Å². The molecule has 6 heteroatoms. The maximum atomic E-state index is 13.4. The second-order valence-electron chi connectivity index (χ2n) is 5.51. The number of alkyl halides is 3. The van der Waals surface area contributed by atoms with Gasteiger partial charge in [0.25, 0.3) is 0 Å². The van der Waals surface area contributed by atoms with Crippen molar-refractivity contribution in [3.63, 3.8) is 0 Å². The van der Waals surface area contributed by atoms with Crippen molar-refractivity contribution in [3.05, 3.63) is 29.0 Å². The average Bonchev–Trinajstić information content (AvgIpc) is 2.63. The lowest BCUT2D eigenvalue weighted by atomic mass is 10.0. The van der Waals surface area contributed by atoms with Gasteiger partial charge in [-0.25, -0.2) is 0 Å². The molecule has 4 rings (SSSR count). The third-order valence-electron chi connectivity index (χ3n) is 4.35. The fraction of sp³-hybridized carbons (Fsp3) is 0.467. The van der Waals surface area contributed by atoms with Crippen LogP contribution < -0.4 is 10.1 Å². The lowest BCUT2D eigenvalue weighted by Crippen LogP contribution is -2.20. The van der Waals surface area contributed by atoms with Gasteiger partial charge in [0.15, 0.2) is 0 Å². The fourth-order valence-electron chi connectivity index (χ4n) is 3.53. The molecule has 1 N–H and O–H groups in total. The highest BCUT2D eigenvalue weighted by molar-refractivity contribution is 5.94. The molecule has 0 amide bonds. The Hall–Kier alpha value is -1.69. The summed E-state index contributed by atoms with van der Waals surface area (Å²) in [6.45, 7) is 2.66. The molecular weight excluding hydrogens is 281 g/mol. The molecule has 0 fully saturated rings. The zero-order valence-electron chi connectivity index (χ0n) is 11.4. The van der Waals surface area contributed by atoms with E-state index < -0.39 is 11.7 Å². The van der Waals surface area contributed by atoms with Gasteiger partial charge >= 0.3 is 6.18 Å². The Morgan fingerprint density at radius 2 is 1.95 bits per heavy atom. The third-order valence-corrected chi connectivity index (χ3v) is 4.35. The van der Waals surface area contributed by atoms with Gasteiger partial charge in [-0.3, -0.25) is 0 Å². The monoisotopic (exact) mass is 296 g/mol. The first-order valence-electron chi connectivity index (χ1n) is 7.15. The Morgan fingerprint density at radius 3 is 2.76 bits per heavy atom. The van der Waals surface area contributed by atoms with Crippen LogP contribution in [0.3, 0.4) is 0 Å². The van der Waals surface area contributed by atoms with Crippen LogP contribution in [0, 0.1) is 0 Å². The maximum Gasteiger partial charge on any atom is 0.417 e. The van der Waals surface area contributed by atoms with Crippen molar-refractivity contribution in [3.8, 4) is 5.75 Å². The first-order valence-corrected chi connectivity index (χ1v) is 7.15. The van der Waals surface area contributed by atoms with Crippen LogP contribution in [-0.4, -0.2) is 24.3 Å². The average molecular weight is 296 g/mol. The van der Waals surface area contributed by atoms with Gasteiger partial charge < -0.3 is 14.6 Å². The van der Waals surface area contributed by atoms with Crippen LogP contribution >= 0.6 is 0 Å². The molecule has 0 spiro atoms. The van der Waals surface area contributed by atoms with Gasteiger partial charge in [-0.15, -0.1) is 0 Å². The Morgan fingerprint density at radius 1 is 1.14 bits per heavy atom. The molecule has 112 valence electrons. The van der Waals surface area contributed by atoms with Crippen molar-refractivity contribution in [1.29, 1.82) is 0 Å². The van der Waals surface area contributed by atoms with Crippen LogP contribution in [0.4, 0.5) is 13.2 Å². The predicted molar refractivity (Wildman–Crippen MR) is 72.7 cm³/mol. The first kappa shape index (κ1) is 13.0. The van der Waals surface area contributed by atoms with Crippen LogP contribution in [0.1, 0.15) is 16.8 Å². The Kier molecular flexibility index (Phi) is 2.73. The standard InChI is InChI=1S/C15H15F3N2O/c16-15(17,18)10-1-2-12-14-13(10)9-3-5-19-6-4-11(9)20(14)7-8-21-12/h1-2,19H,3-8H2. The molecule has 2 aromatic rings. The van der Waals surface area contributed by atoms with Crippen molar-refractivity contribution in [2.75, 3.05) is 19.7 Å². The topological polar surface area (TPSA) is 26.2 Å². The van der Waals surface area contributed by atoms with Crippen molar-refractivity contribution in [1.82, 2.24) is 9.88 Å². The molecule has 0 bridgehead atoms. The minimum Gasteiger partial charge on any atom is -0.490 e. The molecule has 0 saturated heterocycles. The number of halogens is 3. The second kappa shape index (κ2) is 4.40. The van der Waals surface area contributed by atoms with Crippen molar-refractivity contribution < 1.29 is 17.9 Å². The summed E-state index contributed by atoms with van der Waals surface area (Å²) in [7, 11) is 0. The second-order valence-corrected chi connectivity index (χ2v) is 5.51. The zero-order valence-corrected chi connectivity index (χ0v) is 11.4. The highest BCUT2D eigenvalue weighted by atomic mass is 19.4. The molecule has 21 heavy (non-hydrogen) atoms. The molecule has 1 aromatic carbocycles. The lowest BCUT2D eigenvalue weighted by Gasteiger charge is -2.20. The quantitative estimate of drug-likeness (QED) is 0.809. The van der Waals surface area contributed by atoms with Crippen LogP contribution in [0.15, 0.2) is 12.1 Å². The number of fused-ring (bicyclic) bond motifs is 3. The maximum absolute atomic E-state index is 13.4. The van der Waals surface area contributed by atoms with Gasteiger partial charge in [0.05, 0.1) is 17.6 Å². The van der Waals surface area contributed by atoms with Gasteiger partial charge in [0.2, 0.25) is 0 Å². The van der Waals surface area contributed by atoms with Gasteiger partial charge in [-0.1, -0.05) is 0 Å². The fourth-order valence-corrected chi connectivity index (χ4v) is 3.53. The Labute approximate surface area is 119 Å². The van der Waals surface area contributed by atoms with Gasteiger partial charge in [-0.2, -0.15) is 13.2 Å². The van der Waals surface area contributed by atoms with E-state index in [0.717, 1.165) is 30.3 Å². The molecule has 0 radical (unpaired) electrons. The van der Waals surface area contributed by atoms with E-state index in [1.54, 1.807) is 0 Å². The zero-order chi connectivity index (χ0) is 14.6. The molecule has 2 aliphatic rings. The van der Waals surface area contributed by atoms with Crippen LogP contribution in [0.5, 0.6) is 5.75 Å². The van der Waals surface area contributed by atoms with Crippen LogP contribution in [0.2, 0.25) is 0 Å². The number of aromatic nitrogens is 1. The predicted octanol–water partition coefficient (Wildman–Crippen LogP) is 2.74. The van der Waals surface area contributed by atoms with Crippen molar-refractivity contribution in [2.24, 2.45) is 0 Å². The van der Waals surface area contributed by atoms with E-state index in [2.05, 4.69) is 5.32 Å². The summed E-state index contributed by atoms with van der Waals surface area (Å²) in [6, 6.07) is 2.62. The Balaban J connectivity index is 2.11. The molecule has 0 saturated carbocycles.